The molecule has 3 aliphatic rings. The third-order valence-electron chi connectivity index (χ3n) is 8.22. The number of ketones is 2. The maximum Gasteiger partial charge on any atom is 0.416 e. The summed E-state index contributed by atoms with van der Waals surface area (Å²) in [6.45, 7) is 0. The summed E-state index contributed by atoms with van der Waals surface area (Å²) >= 11 is 0. The highest BCUT2D eigenvalue weighted by molar-refractivity contribution is 6.21. The summed E-state index contributed by atoms with van der Waals surface area (Å²) < 4.78 is 39.7. The topological polar surface area (TPSA) is 138 Å². The molecule has 0 aliphatic heterocycles. The van der Waals surface area contributed by atoms with E-state index >= 15 is 0 Å². The van der Waals surface area contributed by atoms with Gasteiger partial charge in [-0.2, -0.15) is 13.2 Å². The molecule has 0 aromatic heterocycles. The van der Waals surface area contributed by atoms with Gasteiger partial charge in [0.25, 0.3) is 5.91 Å². The van der Waals surface area contributed by atoms with E-state index in [0.717, 1.165) is 12.1 Å². The second-order valence-corrected chi connectivity index (χ2v) is 10.5. The second kappa shape index (κ2) is 8.70. The molecule has 0 spiro atoms. The third kappa shape index (κ3) is 3.77. The molecule has 0 bridgehead atoms. The minimum atomic E-state index is -4.53. The highest BCUT2D eigenvalue weighted by atomic mass is 19.4. The van der Waals surface area contributed by atoms with E-state index in [0.29, 0.717) is 16.5 Å². The van der Waals surface area contributed by atoms with E-state index in [9.17, 15) is 42.9 Å². The number of hydrogen-bond acceptors (Lipinski definition) is 6. The van der Waals surface area contributed by atoms with Gasteiger partial charge in [0.1, 0.15) is 22.8 Å². The van der Waals surface area contributed by atoms with Crippen molar-refractivity contribution >= 4 is 34.0 Å². The number of rotatable bonds is 2. The number of amides is 1. The van der Waals surface area contributed by atoms with Crippen molar-refractivity contribution in [3.8, 4) is 16.9 Å². The van der Waals surface area contributed by atoms with E-state index in [1.165, 1.54) is 18.2 Å². The molecule has 7 nitrogen and oxygen atoms in total. The first-order valence-corrected chi connectivity index (χ1v) is 12.6. The van der Waals surface area contributed by atoms with Crippen molar-refractivity contribution < 1.29 is 42.9 Å². The number of alkyl halides is 3. The molecule has 6 rings (SSSR count). The first-order valence-electron chi connectivity index (χ1n) is 12.6. The largest absolute Gasteiger partial charge is 0.511 e. The number of carbonyl (C=O) groups excluding carboxylic acids is 3. The van der Waals surface area contributed by atoms with Gasteiger partial charge in [0.15, 0.2) is 11.6 Å². The van der Waals surface area contributed by atoms with Crippen LogP contribution in [-0.4, -0.2) is 32.8 Å². The molecule has 10 heteroatoms. The molecule has 2 unspecified atom stereocenters. The number of hydrogen-bond donors (Lipinski definition) is 4. The highest BCUT2D eigenvalue weighted by Gasteiger charge is 2.50. The van der Waals surface area contributed by atoms with Crippen LogP contribution in [0, 0.1) is 17.8 Å². The molecular weight excluding hydrogens is 527 g/mol. The van der Waals surface area contributed by atoms with E-state index in [2.05, 4.69) is 0 Å². The van der Waals surface area contributed by atoms with Crippen LogP contribution < -0.4 is 5.73 Å². The average Bonchev–Trinajstić information content (AvgIpc) is 2.87. The van der Waals surface area contributed by atoms with Crippen LogP contribution in [0.2, 0.25) is 0 Å². The van der Waals surface area contributed by atoms with Crippen molar-refractivity contribution in [2.24, 2.45) is 23.5 Å². The maximum atomic E-state index is 13.6. The number of Topliss-reactive ketones (excluding diaryl/α,β-unsaturated/α-hetero) is 2. The van der Waals surface area contributed by atoms with Crippen molar-refractivity contribution in [2.75, 3.05) is 0 Å². The summed E-state index contributed by atoms with van der Waals surface area (Å²) in [6.07, 6.45) is -4.12. The predicted octanol–water partition coefficient (Wildman–Crippen LogP) is 5.15. The zero-order chi connectivity index (χ0) is 28.7. The molecule has 40 heavy (non-hydrogen) atoms. The number of phenolic OH excluding ortho intramolecular Hbond substituents is 1. The van der Waals surface area contributed by atoms with Gasteiger partial charge in [-0.15, -0.1) is 0 Å². The molecule has 3 atom stereocenters. The molecule has 3 aromatic carbocycles. The van der Waals surface area contributed by atoms with Crippen molar-refractivity contribution in [1.82, 2.24) is 0 Å². The number of aromatic hydroxyl groups is 1. The van der Waals surface area contributed by atoms with Crippen molar-refractivity contribution in [3.63, 3.8) is 0 Å². The zero-order valence-corrected chi connectivity index (χ0v) is 20.7. The van der Waals surface area contributed by atoms with Crippen LogP contribution in [0.5, 0.6) is 5.75 Å². The Kier molecular flexibility index (Phi) is 5.58. The fraction of sp³-hybridized carbons (Fsp3) is 0.233. The van der Waals surface area contributed by atoms with Crippen LogP contribution in [-0.2, 0) is 27.0 Å². The minimum absolute atomic E-state index is 0.0119. The molecule has 1 fully saturated rings. The third-order valence-corrected chi connectivity index (χ3v) is 8.22. The van der Waals surface area contributed by atoms with Gasteiger partial charge in [-0.3, -0.25) is 14.4 Å². The standard InChI is InChI=1S/C30H22F3NO6/c31-30(32,33)18-3-1-2-12(9-18)13-4-5-14-6-15-7-16-8-17-11-20(35)24(29(34)40)28(39)23(17)27(38)22(16)26(37)21(15)25(36)19(14)10-13/h1-6,9-10,16-17,23,36-37,39H,7-8,11H2,(H2,34,40)/t16-,17?,23?/m0/s1. The van der Waals surface area contributed by atoms with Crippen LogP contribution in [0.15, 0.2) is 65.4 Å². The maximum absolute atomic E-state index is 13.6. The number of nitrogens with two attached hydrogens (primary N) is 1. The van der Waals surface area contributed by atoms with Crippen LogP contribution in [0.4, 0.5) is 13.2 Å². The van der Waals surface area contributed by atoms with Gasteiger partial charge in [0.2, 0.25) is 0 Å². The van der Waals surface area contributed by atoms with E-state index < -0.39 is 64.1 Å². The zero-order valence-electron chi connectivity index (χ0n) is 20.7. The lowest BCUT2D eigenvalue weighted by molar-refractivity contribution is -0.137. The van der Waals surface area contributed by atoms with Gasteiger partial charge < -0.3 is 21.1 Å². The number of aliphatic hydroxyl groups excluding tert-OH is 2. The van der Waals surface area contributed by atoms with Crippen LogP contribution in [0.1, 0.15) is 29.5 Å². The van der Waals surface area contributed by atoms with Gasteiger partial charge in [-0.05, 0) is 65.0 Å². The van der Waals surface area contributed by atoms with Gasteiger partial charge in [0, 0.05) is 17.4 Å². The Morgan fingerprint density at radius 1 is 0.950 bits per heavy atom. The lowest BCUT2D eigenvalue weighted by Gasteiger charge is -2.41. The number of carbonyl (C=O) groups is 3. The van der Waals surface area contributed by atoms with E-state index in [1.807, 2.05) is 0 Å². The number of aliphatic hydroxyl groups is 2. The first-order chi connectivity index (χ1) is 18.9. The van der Waals surface area contributed by atoms with E-state index in [-0.39, 0.29) is 47.1 Å². The molecule has 1 saturated carbocycles. The number of benzene rings is 3. The van der Waals surface area contributed by atoms with Gasteiger partial charge in [0.05, 0.1) is 17.0 Å². The van der Waals surface area contributed by atoms with Crippen LogP contribution in [0.3, 0.4) is 0 Å². The Hall–Kier alpha value is -4.60. The van der Waals surface area contributed by atoms with E-state index in [4.69, 9.17) is 5.73 Å². The number of fused-ring (bicyclic) bond motifs is 4. The molecule has 3 aromatic rings. The van der Waals surface area contributed by atoms with Gasteiger partial charge in [-0.1, -0.05) is 30.3 Å². The fourth-order valence-electron chi connectivity index (χ4n) is 6.46. The number of halogens is 3. The highest BCUT2D eigenvalue weighted by Crippen LogP contribution is 2.51. The number of primary amides is 1. The normalized spacial score (nSPS) is 22.7. The lowest BCUT2D eigenvalue weighted by Crippen LogP contribution is -2.44. The second-order valence-electron chi connectivity index (χ2n) is 10.5. The fourth-order valence-corrected chi connectivity index (χ4v) is 6.46. The van der Waals surface area contributed by atoms with Crippen molar-refractivity contribution in [1.29, 1.82) is 0 Å². The summed E-state index contributed by atoms with van der Waals surface area (Å²) in [5.74, 6) is -6.20. The minimum Gasteiger partial charge on any atom is -0.511 e. The van der Waals surface area contributed by atoms with Crippen LogP contribution in [0.25, 0.3) is 27.7 Å². The summed E-state index contributed by atoms with van der Waals surface area (Å²) in [5, 5.41) is 34.1. The quantitative estimate of drug-likeness (QED) is 0.326. The molecule has 0 saturated heterocycles. The Bertz CT molecular complexity index is 1740. The smallest absolute Gasteiger partial charge is 0.416 e. The molecule has 1 amide bonds. The molecule has 204 valence electrons. The Morgan fingerprint density at radius 2 is 1.68 bits per heavy atom. The monoisotopic (exact) mass is 549 g/mol. The molecule has 0 heterocycles. The Balaban J connectivity index is 1.47. The molecule has 0 radical (unpaired) electrons. The first kappa shape index (κ1) is 25.7. The van der Waals surface area contributed by atoms with Crippen molar-refractivity contribution in [3.05, 3.63) is 82.1 Å². The summed E-state index contributed by atoms with van der Waals surface area (Å²) in [4.78, 5) is 37.8. The van der Waals surface area contributed by atoms with Crippen LogP contribution >= 0.6 is 0 Å². The molecule has 5 N–H and O–H groups in total. The molecule has 3 aliphatic carbocycles. The average molecular weight is 550 g/mol. The van der Waals surface area contributed by atoms with Gasteiger partial charge in [-0.25, -0.2) is 0 Å². The Labute approximate surface area is 225 Å². The van der Waals surface area contributed by atoms with E-state index in [1.54, 1.807) is 18.2 Å². The number of phenols is 1. The summed E-state index contributed by atoms with van der Waals surface area (Å²) in [5.41, 5.74) is 5.10. The van der Waals surface area contributed by atoms with Gasteiger partial charge >= 0.3 is 6.18 Å². The summed E-state index contributed by atoms with van der Waals surface area (Å²) in [7, 11) is 0. The van der Waals surface area contributed by atoms with Crippen molar-refractivity contribution in [2.45, 2.75) is 25.4 Å². The lowest BCUT2D eigenvalue weighted by atomic mass is 9.61. The molecular formula is C30H22F3NO6. The number of allylic oxidation sites excluding steroid dienone is 2. The summed E-state index contributed by atoms with van der Waals surface area (Å²) in [6, 6.07) is 11.3. The SMILES string of the molecule is NC(=O)C1=C(O)C2C(=O)C3=C(O)c4c(cc5ccc(-c6cccc(C(F)(F)F)c6)cc5c4O)C[C@H]3CC2CC1=O. The Morgan fingerprint density at radius 3 is 2.38 bits per heavy atom. The predicted molar refractivity (Wildman–Crippen MR) is 138 cm³/mol.